The number of rotatable bonds is 4. The van der Waals surface area contributed by atoms with E-state index in [0.29, 0.717) is 12.2 Å². The molecule has 21 heavy (non-hydrogen) atoms. The number of nitrogens with zero attached hydrogens (tertiary/aromatic N) is 2. The number of non-ortho nitro benzene ring substituents is 1. The zero-order valence-electron chi connectivity index (χ0n) is 11.4. The van der Waals surface area contributed by atoms with Gasteiger partial charge in [-0.15, -0.1) is 0 Å². The molecule has 0 atom stereocenters. The first-order valence-corrected chi connectivity index (χ1v) is 6.22. The molecule has 0 unspecified atom stereocenters. The van der Waals surface area contributed by atoms with E-state index in [-0.39, 0.29) is 16.8 Å². The number of H-pyrrole nitrogens is 1. The number of carbonyl (C=O) groups is 1. The van der Waals surface area contributed by atoms with Crippen molar-refractivity contribution in [1.29, 1.82) is 0 Å². The first-order chi connectivity index (χ1) is 9.93. The van der Waals surface area contributed by atoms with Gasteiger partial charge in [0.05, 0.1) is 16.7 Å². The smallest absolute Gasteiger partial charge is 0.270 e. The average molecular weight is 292 g/mol. The maximum Gasteiger partial charge on any atom is 0.270 e. The molecule has 110 valence electrons. The van der Waals surface area contributed by atoms with Crippen LogP contribution < -0.4 is 5.32 Å². The van der Waals surface area contributed by atoms with Gasteiger partial charge in [0.1, 0.15) is 11.6 Å². The molecule has 1 aromatic heterocycles. The van der Waals surface area contributed by atoms with Gasteiger partial charge in [-0.05, 0) is 18.9 Å². The molecular formula is C13H13FN4O3. The number of nitrogens with one attached hydrogen (secondary N) is 2. The summed E-state index contributed by atoms with van der Waals surface area (Å²) in [6.45, 7) is 3.24. The van der Waals surface area contributed by atoms with E-state index < -0.39 is 16.6 Å². The lowest BCUT2D eigenvalue weighted by molar-refractivity contribution is -0.385. The normalized spacial score (nSPS) is 10.4. The first-order valence-electron chi connectivity index (χ1n) is 6.22. The Morgan fingerprint density at radius 1 is 1.52 bits per heavy atom. The van der Waals surface area contributed by atoms with E-state index in [9.17, 15) is 19.3 Å². The van der Waals surface area contributed by atoms with Crippen molar-refractivity contribution >= 4 is 17.4 Å². The summed E-state index contributed by atoms with van der Waals surface area (Å²) >= 11 is 0. The molecule has 2 N–H and O–H groups in total. The van der Waals surface area contributed by atoms with Crippen LogP contribution in [0.1, 0.15) is 28.4 Å². The van der Waals surface area contributed by atoms with Crippen molar-refractivity contribution in [2.75, 3.05) is 5.32 Å². The number of hydrogen-bond acceptors (Lipinski definition) is 4. The number of benzene rings is 1. The minimum Gasteiger partial charge on any atom is -0.307 e. The van der Waals surface area contributed by atoms with E-state index in [1.807, 2.05) is 6.92 Å². The number of carbonyl (C=O) groups excluding carboxylic acids is 1. The second kappa shape index (κ2) is 5.70. The Hall–Kier alpha value is -2.77. The largest absolute Gasteiger partial charge is 0.307 e. The number of nitro groups is 1. The Kier molecular flexibility index (Phi) is 3.97. The zero-order valence-corrected chi connectivity index (χ0v) is 11.4. The summed E-state index contributed by atoms with van der Waals surface area (Å²) in [5, 5.41) is 19.6. The van der Waals surface area contributed by atoms with Crippen LogP contribution in [0, 0.1) is 22.9 Å². The number of aromatic nitrogens is 2. The molecule has 0 radical (unpaired) electrons. The quantitative estimate of drug-likeness (QED) is 0.668. The first kappa shape index (κ1) is 14.6. The summed E-state index contributed by atoms with van der Waals surface area (Å²) in [5.41, 5.74) is 0.0818. The molecule has 1 amide bonds. The van der Waals surface area contributed by atoms with Crippen molar-refractivity contribution in [2.45, 2.75) is 20.3 Å². The van der Waals surface area contributed by atoms with Gasteiger partial charge in [0.15, 0.2) is 0 Å². The van der Waals surface area contributed by atoms with Crippen molar-refractivity contribution < 1.29 is 14.1 Å². The Balaban J connectivity index is 2.37. The molecule has 2 aromatic rings. The van der Waals surface area contributed by atoms with Crippen molar-refractivity contribution in [1.82, 2.24) is 10.2 Å². The van der Waals surface area contributed by atoms with Crippen molar-refractivity contribution in [2.24, 2.45) is 0 Å². The number of hydrogen-bond donors (Lipinski definition) is 2. The van der Waals surface area contributed by atoms with E-state index in [0.717, 1.165) is 17.7 Å². The van der Waals surface area contributed by atoms with Crippen molar-refractivity contribution in [3.8, 4) is 0 Å². The number of aromatic amines is 1. The number of nitro benzene ring substituents is 1. The predicted molar refractivity (Wildman–Crippen MR) is 73.7 cm³/mol. The van der Waals surface area contributed by atoms with Crippen LogP contribution >= 0.6 is 0 Å². The highest BCUT2D eigenvalue weighted by atomic mass is 19.1. The van der Waals surface area contributed by atoms with Gasteiger partial charge in [0.25, 0.3) is 11.6 Å². The molecule has 0 aliphatic heterocycles. The fourth-order valence-corrected chi connectivity index (χ4v) is 1.89. The molecule has 0 aliphatic rings. The van der Waals surface area contributed by atoms with Gasteiger partial charge in [0, 0.05) is 17.7 Å². The highest BCUT2D eigenvalue weighted by Gasteiger charge is 2.20. The van der Waals surface area contributed by atoms with Crippen LogP contribution in [0.2, 0.25) is 0 Å². The molecule has 0 bridgehead atoms. The van der Waals surface area contributed by atoms with E-state index >= 15 is 0 Å². The minimum atomic E-state index is -0.782. The molecular weight excluding hydrogens is 279 g/mol. The maximum absolute atomic E-state index is 14.0. The fraction of sp³-hybridized carbons (Fsp3) is 0.231. The SMILES string of the molecule is CCc1cn[nH]c1NC(=O)c1cc([N+](=O)[O-])cc(C)c1F. The second-order valence-electron chi connectivity index (χ2n) is 4.46. The van der Waals surface area contributed by atoms with Gasteiger partial charge in [-0.1, -0.05) is 6.92 Å². The summed E-state index contributed by atoms with van der Waals surface area (Å²) in [6.07, 6.45) is 2.17. The monoisotopic (exact) mass is 292 g/mol. The van der Waals surface area contributed by atoms with Gasteiger partial charge >= 0.3 is 0 Å². The van der Waals surface area contributed by atoms with Crippen LogP contribution in [-0.2, 0) is 6.42 Å². The third kappa shape index (κ3) is 2.88. The molecule has 1 aromatic carbocycles. The van der Waals surface area contributed by atoms with Crippen LogP contribution in [0.15, 0.2) is 18.3 Å². The summed E-state index contributed by atoms with van der Waals surface area (Å²) in [4.78, 5) is 22.2. The Bertz CT molecular complexity index is 711. The number of anilines is 1. The lowest BCUT2D eigenvalue weighted by Crippen LogP contribution is -2.16. The van der Waals surface area contributed by atoms with Crippen LogP contribution in [0.5, 0.6) is 0 Å². The van der Waals surface area contributed by atoms with Gasteiger partial charge < -0.3 is 5.32 Å². The molecule has 0 aliphatic carbocycles. The number of aryl methyl sites for hydroxylation is 2. The maximum atomic E-state index is 14.0. The third-order valence-corrected chi connectivity index (χ3v) is 3.03. The van der Waals surface area contributed by atoms with Crippen molar-refractivity contribution in [3.05, 3.63) is 51.0 Å². The summed E-state index contributed by atoms with van der Waals surface area (Å²) in [6, 6.07) is 2.00. The topological polar surface area (TPSA) is 101 Å². The van der Waals surface area contributed by atoms with Crippen LogP contribution in [-0.4, -0.2) is 21.0 Å². The lowest BCUT2D eigenvalue weighted by atomic mass is 10.1. The lowest BCUT2D eigenvalue weighted by Gasteiger charge is -2.07. The molecule has 0 spiro atoms. The van der Waals surface area contributed by atoms with E-state index in [1.54, 1.807) is 6.20 Å². The minimum absolute atomic E-state index is 0.0367. The highest BCUT2D eigenvalue weighted by Crippen LogP contribution is 2.22. The molecule has 2 rings (SSSR count). The van der Waals surface area contributed by atoms with E-state index in [1.165, 1.54) is 6.92 Å². The molecule has 7 nitrogen and oxygen atoms in total. The molecule has 0 fully saturated rings. The van der Waals surface area contributed by atoms with Crippen molar-refractivity contribution in [3.63, 3.8) is 0 Å². The van der Waals surface area contributed by atoms with Crippen LogP contribution in [0.3, 0.4) is 0 Å². The predicted octanol–water partition coefficient (Wildman–Crippen LogP) is 2.58. The Labute approximate surface area is 119 Å². The number of halogens is 1. The van der Waals surface area contributed by atoms with Gasteiger partial charge in [-0.25, -0.2) is 4.39 Å². The number of amides is 1. The van der Waals surface area contributed by atoms with E-state index in [2.05, 4.69) is 15.5 Å². The van der Waals surface area contributed by atoms with Gasteiger partial charge in [-0.3, -0.25) is 20.0 Å². The van der Waals surface area contributed by atoms with Crippen LogP contribution in [0.4, 0.5) is 15.9 Å². The van der Waals surface area contributed by atoms with Gasteiger partial charge in [0.2, 0.25) is 0 Å². The summed E-state index contributed by atoms with van der Waals surface area (Å²) in [7, 11) is 0. The zero-order chi connectivity index (χ0) is 15.6. The summed E-state index contributed by atoms with van der Waals surface area (Å²) < 4.78 is 14.0. The average Bonchev–Trinajstić information content (AvgIpc) is 2.88. The Morgan fingerprint density at radius 2 is 2.24 bits per heavy atom. The van der Waals surface area contributed by atoms with E-state index in [4.69, 9.17) is 0 Å². The second-order valence-corrected chi connectivity index (χ2v) is 4.46. The fourth-order valence-electron chi connectivity index (χ4n) is 1.89. The third-order valence-electron chi connectivity index (χ3n) is 3.03. The highest BCUT2D eigenvalue weighted by molar-refractivity contribution is 6.04. The molecule has 8 heteroatoms. The van der Waals surface area contributed by atoms with Crippen LogP contribution in [0.25, 0.3) is 0 Å². The standard InChI is InChI=1S/C13H13FN4O3/c1-3-8-6-15-17-12(8)16-13(19)10-5-9(18(20)21)4-7(2)11(10)14/h4-6H,3H2,1-2H3,(H2,15,16,17,19). The van der Waals surface area contributed by atoms with Gasteiger partial charge in [-0.2, -0.15) is 5.10 Å². The molecule has 0 saturated heterocycles. The molecule has 0 saturated carbocycles. The summed E-state index contributed by atoms with van der Waals surface area (Å²) in [5.74, 6) is -1.19. The Morgan fingerprint density at radius 3 is 2.86 bits per heavy atom. The molecule has 1 heterocycles.